The number of fused-ring (bicyclic) bond motifs is 3. The van der Waals surface area contributed by atoms with E-state index in [1.807, 2.05) is 30.3 Å². The van der Waals surface area contributed by atoms with Crippen molar-refractivity contribution >= 4 is 11.9 Å². The molecule has 0 aliphatic heterocycles. The van der Waals surface area contributed by atoms with Crippen LogP contribution in [0, 0.1) is 0 Å². The van der Waals surface area contributed by atoms with Gasteiger partial charge in [-0.1, -0.05) is 43.5 Å². The predicted octanol–water partition coefficient (Wildman–Crippen LogP) is 4.22. The Labute approximate surface area is 146 Å². The van der Waals surface area contributed by atoms with Gasteiger partial charge in [-0.05, 0) is 36.6 Å². The summed E-state index contributed by atoms with van der Waals surface area (Å²) in [6.45, 7) is 10.3. The zero-order valence-electron chi connectivity index (χ0n) is 14.2. The van der Waals surface area contributed by atoms with Crippen molar-refractivity contribution < 1.29 is 19.1 Å². The molecule has 0 amide bonds. The highest BCUT2D eigenvalue weighted by Gasteiger charge is 2.27. The van der Waals surface area contributed by atoms with Crippen LogP contribution in [0.15, 0.2) is 60.7 Å². The van der Waals surface area contributed by atoms with E-state index in [1.165, 1.54) is 0 Å². The van der Waals surface area contributed by atoms with Gasteiger partial charge in [-0.3, -0.25) is 0 Å². The third-order valence-electron chi connectivity index (χ3n) is 3.99. The van der Waals surface area contributed by atoms with Crippen molar-refractivity contribution in [1.29, 1.82) is 0 Å². The summed E-state index contributed by atoms with van der Waals surface area (Å²) in [6.07, 6.45) is 0.600. The molecule has 126 valence electrons. The molecule has 0 fully saturated rings. The summed E-state index contributed by atoms with van der Waals surface area (Å²) in [5.74, 6) is -0.662. The first-order valence-corrected chi connectivity index (χ1v) is 7.88. The molecule has 2 aromatic carbocycles. The van der Waals surface area contributed by atoms with Gasteiger partial charge in [0.15, 0.2) is 11.5 Å². The molecule has 0 spiro atoms. The second-order valence-electron chi connectivity index (χ2n) is 6.09. The van der Waals surface area contributed by atoms with Gasteiger partial charge in [0.1, 0.15) is 0 Å². The lowest BCUT2D eigenvalue weighted by Gasteiger charge is -2.14. The molecular formula is C21H18O4. The highest BCUT2D eigenvalue weighted by Crippen LogP contribution is 2.45. The van der Waals surface area contributed by atoms with Crippen LogP contribution < -0.4 is 9.47 Å². The summed E-state index contributed by atoms with van der Waals surface area (Å²) < 4.78 is 10.9. The summed E-state index contributed by atoms with van der Waals surface area (Å²) in [7, 11) is 0. The molecule has 2 aromatic rings. The number of benzene rings is 2. The van der Waals surface area contributed by atoms with Crippen LogP contribution >= 0.6 is 0 Å². The molecule has 3 rings (SSSR count). The molecule has 1 aliphatic carbocycles. The van der Waals surface area contributed by atoms with Crippen molar-refractivity contribution in [2.75, 3.05) is 0 Å². The minimum absolute atomic E-state index is 0.203. The molecule has 4 nitrogen and oxygen atoms in total. The van der Waals surface area contributed by atoms with Crippen LogP contribution in [0.1, 0.15) is 25.0 Å². The van der Waals surface area contributed by atoms with Crippen LogP contribution in [-0.4, -0.2) is 11.9 Å². The lowest BCUT2D eigenvalue weighted by molar-refractivity contribution is -0.132. The molecule has 0 heterocycles. The van der Waals surface area contributed by atoms with Crippen molar-refractivity contribution in [3.8, 4) is 22.6 Å². The predicted molar refractivity (Wildman–Crippen MR) is 95.6 cm³/mol. The van der Waals surface area contributed by atoms with Crippen LogP contribution in [0.4, 0.5) is 0 Å². The maximum absolute atomic E-state index is 12.1. The molecule has 0 saturated carbocycles. The number of hydrogen-bond acceptors (Lipinski definition) is 4. The third kappa shape index (κ3) is 3.11. The standard InChI is InChI=1S/C21H18O4/c1-12(2)20(22)24-18-10-9-16-15-8-6-5-7-14(15)11-17(16)19(18)25-21(23)13(3)4/h5-10H,1,3,11H2,2,4H3. The summed E-state index contributed by atoms with van der Waals surface area (Å²) in [6, 6.07) is 11.5. The van der Waals surface area contributed by atoms with E-state index in [4.69, 9.17) is 9.47 Å². The van der Waals surface area contributed by atoms with Crippen molar-refractivity contribution in [2.45, 2.75) is 20.3 Å². The van der Waals surface area contributed by atoms with Gasteiger partial charge in [0, 0.05) is 23.1 Å². The van der Waals surface area contributed by atoms with Gasteiger partial charge in [0.05, 0.1) is 0 Å². The smallest absolute Gasteiger partial charge is 0.338 e. The highest BCUT2D eigenvalue weighted by atomic mass is 16.6. The second-order valence-corrected chi connectivity index (χ2v) is 6.09. The summed E-state index contributed by atoms with van der Waals surface area (Å²) in [4.78, 5) is 24.0. The zero-order valence-corrected chi connectivity index (χ0v) is 14.2. The van der Waals surface area contributed by atoms with E-state index in [1.54, 1.807) is 19.9 Å². The molecule has 0 saturated heterocycles. The van der Waals surface area contributed by atoms with Gasteiger partial charge in [-0.2, -0.15) is 0 Å². The fraction of sp³-hybridized carbons (Fsp3) is 0.143. The van der Waals surface area contributed by atoms with E-state index in [2.05, 4.69) is 13.2 Å². The Bertz CT molecular complexity index is 921. The van der Waals surface area contributed by atoms with Gasteiger partial charge in [0.2, 0.25) is 0 Å². The van der Waals surface area contributed by atoms with Crippen LogP contribution in [0.2, 0.25) is 0 Å². The van der Waals surface area contributed by atoms with Crippen LogP contribution in [-0.2, 0) is 16.0 Å². The lowest BCUT2D eigenvalue weighted by atomic mass is 10.0. The van der Waals surface area contributed by atoms with E-state index in [-0.39, 0.29) is 22.6 Å². The first-order valence-electron chi connectivity index (χ1n) is 7.88. The molecule has 0 bridgehead atoms. The van der Waals surface area contributed by atoms with Crippen molar-refractivity contribution in [3.63, 3.8) is 0 Å². The van der Waals surface area contributed by atoms with Gasteiger partial charge in [0.25, 0.3) is 0 Å². The maximum atomic E-state index is 12.1. The van der Waals surface area contributed by atoms with Gasteiger partial charge in [-0.15, -0.1) is 0 Å². The monoisotopic (exact) mass is 334 g/mol. The van der Waals surface area contributed by atoms with Crippen LogP contribution in [0.25, 0.3) is 11.1 Å². The fourth-order valence-electron chi connectivity index (χ4n) is 2.72. The van der Waals surface area contributed by atoms with Crippen molar-refractivity contribution in [2.24, 2.45) is 0 Å². The zero-order chi connectivity index (χ0) is 18.1. The number of hydrogen-bond donors (Lipinski definition) is 0. The highest BCUT2D eigenvalue weighted by molar-refractivity contribution is 5.93. The topological polar surface area (TPSA) is 52.6 Å². The number of carbonyl (C=O) groups is 2. The van der Waals surface area contributed by atoms with Crippen LogP contribution in [0.3, 0.4) is 0 Å². The van der Waals surface area contributed by atoms with Crippen molar-refractivity contribution in [3.05, 3.63) is 71.8 Å². The van der Waals surface area contributed by atoms with E-state index >= 15 is 0 Å². The number of ether oxygens (including phenoxy) is 2. The minimum atomic E-state index is -0.567. The molecule has 0 N–H and O–H groups in total. The second kappa shape index (κ2) is 6.40. The molecular weight excluding hydrogens is 316 g/mol. The third-order valence-corrected chi connectivity index (χ3v) is 3.99. The Kier molecular flexibility index (Phi) is 4.28. The molecule has 0 unspecified atom stereocenters. The molecule has 0 aromatic heterocycles. The average Bonchev–Trinajstić information content (AvgIpc) is 2.95. The average molecular weight is 334 g/mol. The Balaban J connectivity index is 2.10. The quantitative estimate of drug-likeness (QED) is 0.407. The Morgan fingerprint density at radius 2 is 1.52 bits per heavy atom. The number of carbonyl (C=O) groups excluding carboxylic acids is 2. The van der Waals surface area contributed by atoms with E-state index < -0.39 is 11.9 Å². The van der Waals surface area contributed by atoms with Gasteiger partial charge < -0.3 is 9.47 Å². The molecule has 1 aliphatic rings. The maximum Gasteiger partial charge on any atom is 0.338 e. The number of rotatable bonds is 4. The minimum Gasteiger partial charge on any atom is -0.419 e. The molecule has 0 radical (unpaired) electrons. The SMILES string of the molecule is C=C(C)C(=O)Oc1ccc2c(c1OC(=O)C(=C)C)Cc1ccccc1-2. The van der Waals surface area contributed by atoms with Gasteiger partial charge >= 0.3 is 11.9 Å². The Morgan fingerprint density at radius 1 is 0.880 bits per heavy atom. The number of esters is 2. The molecule has 0 atom stereocenters. The van der Waals surface area contributed by atoms with Gasteiger partial charge in [-0.25, -0.2) is 9.59 Å². The first kappa shape index (κ1) is 16.7. The van der Waals surface area contributed by atoms with E-state index in [0.717, 1.165) is 22.3 Å². The molecule has 25 heavy (non-hydrogen) atoms. The summed E-state index contributed by atoms with van der Waals surface area (Å²) in [5, 5.41) is 0. The summed E-state index contributed by atoms with van der Waals surface area (Å²) in [5.41, 5.74) is 4.54. The normalized spacial score (nSPS) is 11.3. The Hall–Kier alpha value is -3.14. The largest absolute Gasteiger partial charge is 0.419 e. The van der Waals surface area contributed by atoms with E-state index in [0.29, 0.717) is 6.42 Å². The van der Waals surface area contributed by atoms with Crippen LogP contribution in [0.5, 0.6) is 11.5 Å². The summed E-state index contributed by atoms with van der Waals surface area (Å²) >= 11 is 0. The first-order chi connectivity index (χ1) is 11.9. The van der Waals surface area contributed by atoms with E-state index in [9.17, 15) is 9.59 Å². The Morgan fingerprint density at radius 3 is 2.20 bits per heavy atom. The lowest BCUT2D eigenvalue weighted by Crippen LogP contribution is -2.14. The molecule has 4 heteroatoms. The fourth-order valence-corrected chi connectivity index (χ4v) is 2.72. The van der Waals surface area contributed by atoms with Crippen molar-refractivity contribution in [1.82, 2.24) is 0 Å².